The number of hydrogen-bond donors (Lipinski definition) is 1. The van der Waals surface area contributed by atoms with Crippen LogP contribution in [0.25, 0.3) is 0 Å². The highest BCUT2D eigenvalue weighted by atomic mass is 16.6. The molecule has 1 unspecified atom stereocenters. The van der Waals surface area contributed by atoms with E-state index in [0.717, 1.165) is 0 Å². The molecule has 0 aromatic heterocycles. The highest BCUT2D eigenvalue weighted by Gasteiger charge is 2.31. The number of amides is 2. The number of benzene rings is 1. The summed E-state index contributed by atoms with van der Waals surface area (Å²) in [6.07, 6.45) is -0.565. The molecule has 1 fully saturated rings. The van der Waals surface area contributed by atoms with Crippen molar-refractivity contribution in [3.05, 3.63) is 39.9 Å². The first-order chi connectivity index (χ1) is 8.63. The number of rotatable bonds is 2. The molecule has 1 aromatic carbocycles. The maximum atomic E-state index is 11.6. The molecule has 18 heavy (non-hydrogen) atoms. The molecule has 0 saturated carbocycles. The second-order valence-corrected chi connectivity index (χ2v) is 3.82. The summed E-state index contributed by atoms with van der Waals surface area (Å²) in [6, 6.07) is 5.86. The summed E-state index contributed by atoms with van der Waals surface area (Å²) in [5, 5.41) is 13.2. The SMILES string of the molecule is CNC(=O)N1CCOC1c1cccc([N+](=O)[O-])c1. The number of nitrogens with one attached hydrogen (secondary N) is 1. The third-order valence-corrected chi connectivity index (χ3v) is 2.73. The van der Waals surface area contributed by atoms with Crippen LogP contribution in [0, 0.1) is 10.1 Å². The van der Waals surface area contributed by atoms with Gasteiger partial charge in [-0.3, -0.25) is 15.0 Å². The molecule has 2 amide bonds. The lowest BCUT2D eigenvalue weighted by molar-refractivity contribution is -0.385. The van der Waals surface area contributed by atoms with Crippen LogP contribution in [0.3, 0.4) is 0 Å². The van der Waals surface area contributed by atoms with Crippen molar-refractivity contribution in [2.24, 2.45) is 0 Å². The Bertz CT molecular complexity index is 477. The summed E-state index contributed by atoms with van der Waals surface area (Å²) in [5.41, 5.74) is 0.588. The van der Waals surface area contributed by atoms with Crippen LogP contribution in [-0.2, 0) is 4.74 Å². The van der Waals surface area contributed by atoms with Crippen molar-refractivity contribution in [1.82, 2.24) is 10.2 Å². The van der Waals surface area contributed by atoms with E-state index in [1.54, 1.807) is 12.1 Å². The van der Waals surface area contributed by atoms with Crippen molar-refractivity contribution in [2.45, 2.75) is 6.23 Å². The molecule has 1 aliphatic heterocycles. The highest BCUT2D eigenvalue weighted by Crippen LogP contribution is 2.28. The van der Waals surface area contributed by atoms with Crippen molar-refractivity contribution in [1.29, 1.82) is 0 Å². The summed E-state index contributed by atoms with van der Waals surface area (Å²) in [5.74, 6) is 0. The highest BCUT2D eigenvalue weighted by molar-refractivity contribution is 5.74. The van der Waals surface area contributed by atoms with Gasteiger partial charge in [0.15, 0.2) is 6.23 Å². The molecule has 96 valence electrons. The Morgan fingerprint density at radius 3 is 3.06 bits per heavy atom. The van der Waals surface area contributed by atoms with Gasteiger partial charge in [-0.2, -0.15) is 0 Å². The van der Waals surface area contributed by atoms with E-state index in [1.807, 2.05) is 0 Å². The minimum atomic E-state index is -0.565. The van der Waals surface area contributed by atoms with Gasteiger partial charge in [0.25, 0.3) is 5.69 Å². The predicted molar refractivity (Wildman–Crippen MR) is 63.0 cm³/mol. The van der Waals surface area contributed by atoms with Crippen LogP contribution in [-0.4, -0.2) is 36.1 Å². The van der Waals surface area contributed by atoms with Crippen LogP contribution in [0.15, 0.2) is 24.3 Å². The molecule has 0 spiro atoms. The van der Waals surface area contributed by atoms with Gasteiger partial charge in [0.05, 0.1) is 11.5 Å². The number of nitro groups is 1. The predicted octanol–water partition coefficient (Wildman–Crippen LogP) is 1.26. The summed E-state index contributed by atoms with van der Waals surface area (Å²) < 4.78 is 5.45. The normalized spacial score (nSPS) is 18.7. The molecule has 1 atom stereocenters. The Hall–Kier alpha value is -2.15. The molecule has 1 N–H and O–H groups in total. The Kier molecular flexibility index (Phi) is 3.42. The number of non-ortho nitro benzene ring substituents is 1. The lowest BCUT2D eigenvalue weighted by Crippen LogP contribution is -2.37. The molecule has 1 saturated heterocycles. The quantitative estimate of drug-likeness (QED) is 0.633. The molecule has 1 aromatic rings. The molecule has 1 heterocycles. The van der Waals surface area contributed by atoms with E-state index in [1.165, 1.54) is 24.1 Å². The van der Waals surface area contributed by atoms with Gasteiger partial charge in [-0.15, -0.1) is 0 Å². The Labute approximate surface area is 103 Å². The minimum absolute atomic E-state index is 0.0140. The van der Waals surface area contributed by atoms with Gasteiger partial charge < -0.3 is 10.1 Å². The van der Waals surface area contributed by atoms with Gasteiger partial charge in [-0.05, 0) is 0 Å². The fraction of sp³-hybridized carbons (Fsp3) is 0.364. The van der Waals surface area contributed by atoms with E-state index in [0.29, 0.717) is 18.7 Å². The third-order valence-electron chi connectivity index (χ3n) is 2.73. The molecule has 2 rings (SSSR count). The van der Waals surface area contributed by atoms with E-state index >= 15 is 0 Å². The third kappa shape index (κ3) is 2.25. The number of ether oxygens (including phenoxy) is 1. The fourth-order valence-electron chi connectivity index (χ4n) is 1.89. The molecule has 7 nitrogen and oxygen atoms in total. The number of nitro benzene ring substituents is 1. The van der Waals surface area contributed by atoms with E-state index in [-0.39, 0.29) is 11.7 Å². The summed E-state index contributed by atoms with van der Waals surface area (Å²) in [6.45, 7) is 0.883. The van der Waals surface area contributed by atoms with E-state index in [9.17, 15) is 14.9 Å². The standard InChI is InChI=1S/C11H13N3O4/c1-12-11(15)13-5-6-18-10(13)8-3-2-4-9(7-8)14(16)17/h2-4,7,10H,5-6H2,1H3,(H,12,15). The second-order valence-electron chi connectivity index (χ2n) is 3.82. The van der Waals surface area contributed by atoms with Gasteiger partial charge in [0.1, 0.15) is 0 Å². The first kappa shape index (κ1) is 12.3. The Morgan fingerprint density at radius 1 is 1.61 bits per heavy atom. The van der Waals surface area contributed by atoms with Gasteiger partial charge in [-0.25, -0.2) is 4.79 Å². The van der Waals surface area contributed by atoms with Crippen LogP contribution in [0.4, 0.5) is 10.5 Å². The molecular formula is C11H13N3O4. The number of nitrogens with zero attached hydrogens (tertiary/aromatic N) is 2. The minimum Gasteiger partial charge on any atom is -0.352 e. The van der Waals surface area contributed by atoms with Crippen LogP contribution in [0.2, 0.25) is 0 Å². The molecule has 0 aliphatic carbocycles. The zero-order chi connectivity index (χ0) is 13.1. The van der Waals surface area contributed by atoms with Crippen molar-refractivity contribution < 1.29 is 14.5 Å². The topological polar surface area (TPSA) is 84.7 Å². The maximum Gasteiger partial charge on any atom is 0.319 e. The summed E-state index contributed by atoms with van der Waals surface area (Å²) in [4.78, 5) is 23.4. The lowest BCUT2D eigenvalue weighted by Gasteiger charge is -2.22. The summed E-state index contributed by atoms with van der Waals surface area (Å²) in [7, 11) is 1.53. The largest absolute Gasteiger partial charge is 0.352 e. The van der Waals surface area contributed by atoms with Crippen LogP contribution in [0.1, 0.15) is 11.8 Å². The first-order valence-corrected chi connectivity index (χ1v) is 5.48. The maximum absolute atomic E-state index is 11.6. The zero-order valence-electron chi connectivity index (χ0n) is 9.83. The van der Waals surface area contributed by atoms with Crippen molar-refractivity contribution in [2.75, 3.05) is 20.2 Å². The lowest BCUT2D eigenvalue weighted by atomic mass is 10.1. The second kappa shape index (κ2) is 5.01. The van der Waals surface area contributed by atoms with Gasteiger partial charge in [0, 0.05) is 31.3 Å². The smallest absolute Gasteiger partial charge is 0.319 e. The van der Waals surface area contributed by atoms with Crippen LogP contribution >= 0.6 is 0 Å². The summed E-state index contributed by atoms with van der Waals surface area (Å²) >= 11 is 0. The van der Waals surface area contributed by atoms with E-state index < -0.39 is 11.2 Å². The van der Waals surface area contributed by atoms with Crippen molar-refractivity contribution in [3.8, 4) is 0 Å². The Balaban J connectivity index is 2.27. The van der Waals surface area contributed by atoms with E-state index in [2.05, 4.69) is 5.32 Å². The molecule has 7 heteroatoms. The zero-order valence-corrected chi connectivity index (χ0v) is 9.83. The number of carbonyl (C=O) groups excluding carboxylic acids is 1. The first-order valence-electron chi connectivity index (χ1n) is 5.48. The van der Waals surface area contributed by atoms with Crippen LogP contribution in [0.5, 0.6) is 0 Å². The molecule has 0 radical (unpaired) electrons. The molecule has 1 aliphatic rings. The number of urea groups is 1. The average Bonchev–Trinajstić information content (AvgIpc) is 2.87. The van der Waals surface area contributed by atoms with Gasteiger partial charge >= 0.3 is 6.03 Å². The average molecular weight is 251 g/mol. The molecule has 0 bridgehead atoms. The van der Waals surface area contributed by atoms with E-state index in [4.69, 9.17) is 4.74 Å². The van der Waals surface area contributed by atoms with Crippen molar-refractivity contribution in [3.63, 3.8) is 0 Å². The Morgan fingerprint density at radius 2 is 2.39 bits per heavy atom. The number of hydrogen-bond acceptors (Lipinski definition) is 4. The monoisotopic (exact) mass is 251 g/mol. The molecular weight excluding hydrogens is 238 g/mol. The fourth-order valence-corrected chi connectivity index (χ4v) is 1.89. The number of carbonyl (C=O) groups is 1. The van der Waals surface area contributed by atoms with Gasteiger partial charge in [-0.1, -0.05) is 12.1 Å². The van der Waals surface area contributed by atoms with Crippen LogP contribution < -0.4 is 5.32 Å². The van der Waals surface area contributed by atoms with Gasteiger partial charge in [0.2, 0.25) is 0 Å². The van der Waals surface area contributed by atoms with Crippen molar-refractivity contribution >= 4 is 11.7 Å².